The van der Waals surface area contributed by atoms with E-state index < -0.39 is 11.8 Å². The zero-order valence-corrected chi connectivity index (χ0v) is 13.1. The Hall–Kier alpha value is -3.48. The van der Waals surface area contributed by atoms with Crippen molar-refractivity contribution < 1.29 is 9.18 Å². The van der Waals surface area contributed by atoms with Crippen molar-refractivity contribution in [3.63, 3.8) is 0 Å². The Bertz CT molecular complexity index is 1020. The highest BCUT2D eigenvalue weighted by Gasteiger charge is 2.10. The Morgan fingerprint density at radius 1 is 1.20 bits per heavy atom. The average molecular weight is 335 g/mol. The van der Waals surface area contributed by atoms with E-state index in [9.17, 15) is 9.18 Å². The first-order valence-corrected chi connectivity index (χ1v) is 7.70. The normalized spacial score (nSPS) is 12.7. The number of fused-ring (bicyclic) bond motifs is 2. The molecule has 2 aromatic heterocycles. The molecule has 124 valence electrons. The standard InChI is InChI=1S/C18H14FN5O/c19-13-7-15-16(10-22-17(15)21-9-13)24-18(25)23-14-4-3-11-2-1-5-20-8-12(11)6-14/h1-4,6-10H,5H2,(H,21,22)(H2,23,24,25). The lowest BCUT2D eigenvalue weighted by molar-refractivity contribution is 0.262. The molecule has 0 radical (unpaired) electrons. The number of aliphatic imine (C=N–C) groups is 1. The van der Waals surface area contributed by atoms with E-state index in [1.54, 1.807) is 12.4 Å². The summed E-state index contributed by atoms with van der Waals surface area (Å²) in [5, 5.41) is 5.97. The Balaban J connectivity index is 1.53. The number of carbonyl (C=O) groups is 1. The molecule has 0 unspecified atom stereocenters. The van der Waals surface area contributed by atoms with Crippen molar-refractivity contribution in [1.29, 1.82) is 0 Å². The van der Waals surface area contributed by atoms with Crippen LogP contribution in [0.4, 0.5) is 20.6 Å². The number of aromatic nitrogens is 2. The molecule has 6 nitrogen and oxygen atoms in total. The number of amides is 2. The number of hydrogen-bond donors (Lipinski definition) is 3. The maximum atomic E-state index is 13.3. The van der Waals surface area contributed by atoms with Crippen molar-refractivity contribution in [1.82, 2.24) is 9.97 Å². The number of hydrogen-bond acceptors (Lipinski definition) is 3. The van der Waals surface area contributed by atoms with Crippen molar-refractivity contribution in [3.8, 4) is 0 Å². The smallest absolute Gasteiger partial charge is 0.323 e. The fraction of sp³-hybridized carbons (Fsp3) is 0.0556. The number of benzene rings is 1. The molecule has 0 atom stereocenters. The highest BCUT2D eigenvalue weighted by Crippen LogP contribution is 2.23. The SMILES string of the molecule is O=C(Nc1ccc2c(c1)C=NCC=C2)Nc1c[nH]c2ncc(F)cc12. The molecular weight excluding hydrogens is 321 g/mol. The first kappa shape index (κ1) is 15.1. The molecule has 7 heteroatoms. The molecule has 3 heterocycles. The number of H-pyrrole nitrogens is 1. The van der Waals surface area contributed by atoms with E-state index in [0.29, 0.717) is 29.0 Å². The van der Waals surface area contributed by atoms with Gasteiger partial charge in [0, 0.05) is 29.0 Å². The summed E-state index contributed by atoms with van der Waals surface area (Å²) in [6.07, 6.45) is 8.46. The Kier molecular flexibility index (Phi) is 3.74. The summed E-state index contributed by atoms with van der Waals surface area (Å²) in [7, 11) is 0. The maximum absolute atomic E-state index is 13.3. The van der Waals surface area contributed by atoms with Crippen LogP contribution in [0.1, 0.15) is 11.1 Å². The molecule has 3 aromatic rings. The van der Waals surface area contributed by atoms with Gasteiger partial charge in [-0.1, -0.05) is 18.2 Å². The monoisotopic (exact) mass is 335 g/mol. The van der Waals surface area contributed by atoms with Gasteiger partial charge < -0.3 is 15.6 Å². The van der Waals surface area contributed by atoms with E-state index >= 15 is 0 Å². The second kappa shape index (κ2) is 6.20. The molecule has 1 aromatic carbocycles. The maximum Gasteiger partial charge on any atom is 0.323 e. The topological polar surface area (TPSA) is 82.2 Å². The highest BCUT2D eigenvalue weighted by molar-refractivity contribution is 6.05. The van der Waals surface area contributed by atoms with Crippen LogP contribution in [-0.4, -0.2) is 28.8 Å². The summed E-state index contributed by atoms with van der Waals surface area (Å²) in [5.41, 5.74) is 3.58. The number of halogens is 1. The molecule has 2 amide bonds. The molecule has 0 fully saturated rings. The molecule has 4 rings (SSSR count). The summed E-state index contributed by atoms with van der Waals surface area (Å²) in [4.78, 5) is 23.3. The zero-order valence-electron chi connectivity index (χ0n) is 13.1. The van der Waals surface area contributed by atoms with Gasteiger partial charge >= 0.3 is 6.03 Å². The number of carbonyl (C=O) groups excluding carboxylic acids is 1. The summed E-state index contributed by atoms with van der Waals surface area (Å²) >= 11 is 0. The van der Waals surface area contributed by atoms with E-state index in [4.69, 9.17) is 0 Å². The summed E-state index contributed by atoms with van der Waals surface area (Å²) in [6.45, 7) is 0.642. The third kappa shape index (κ3) is 3.12. The highest BCUT2D eigenvalue weighted by atomic mass is 19.1. The van der Waals surface area contributed by atoms with Gasteiger partial charge in [0.15, 0.2) is 0 Å². The second-order valence-corrected chi connectivity index (χ2v) is 5.57. The molecule has 1 aliphatic heterocycles. The number of nitrogens with one attached hydrogen (secondary N) is 3. The van der Waals surface area contributed by atoms with E-state index in [1.807, 2.05) is 30.4 Å². The van der Waals surface area contributed by atoms with Crippen LogP contribution in [0.25, 0.3) is 17.1 Å². The van der Waals surface area contributed by atoms with Crippen LogP contribution in [0.15, 0.2) is 47.7 Å². The molecule has 3 N–H and O–H groups in total. The second-order valence-electron chi connectivity index (χ2n) is 5.57. The van der Waals surface area contributed by atoms with Crippen LogP contribution in [0.3, 0.4) is 0 Å². The van der Waals surface area contributed by atoms with Crippen LogP contribution in [0.2, 0.25) is 0 Å². The molecule has 0 aliphatic carbocycles. The van der Waals surface area contributed by atoms with Gasteiger partial charge in [-0.05, 0) is 23.8 Å². The van der Waals surface area contributed by atoms with Crippen LogP contribution >= 0.6 is 0 Å². The lowest BCUT2D eigenvalue weighted by Crippen LogP contribution is -2.19. The van der Waals surface area contributed by atoms with Gasteiger partial charge in [-0.2, -0.15) is 0 Å². The predicted molar refractivity (Wildman–Crippen MR) is 96.6 cm³/mol. The number of aromatic amines is 1. The number of nitrogens with zero attached hydrogens (tertiary/aromatic N) is 2. The van der Waals surface area contributed by atoms with Gasteiger partial charge in [-0.25, -0.2) is 14.2 Å². The molecule has 25 heavy (non-hydrogen) atoms. The van der Waals surface area contributed by atoms with E-state index in [-0.39, 0.29) is 0 Å². The molecule has 0 saturated heterocycles. The lowest BCUT2D eigenvalue weighted by Gasteiger charge is -2.09. The number of urea groups is 1. The molecule has 0 spiro atoms. The molecule has 0 bridgehead atoms. The van der Waals surface area contributed by atoms with Gasteiger partial charge in [0.25, 0.3) is 0 Å². The van der Waals surface area contributed by atoms with Gasteiger partial charge in [0.1, 0.15) is 11.5 Å². The van der Waals surface area contributed by atoms with Crippen LogP contribution in [0.5, 0.6) is 0 Å². The van der Waals surface area contributed by atoms with Crippen molar-refractivity contribution >= 4 is 40.7 Å². The third-order valence-corrected chi connectivity index (χ3v) is 3.83. The fourth-order valence-electron chi connectivity index (χ4n) is 2.67. The van der Waals surface area contributed by atoms with Crippen LogP contribution < -0.4 is 10.6 Å². The first-order valence-electron chi connectivity index (χ1n) is 7.70. The zero-order chi connectivity index (χ0) is 17.2. The van der Waals surface area contributed by atoms with Crippen LogP contribution in [-0.2, 0) is 0 Å². The van der Waals surface area contributed by atoms with Gasteiger partial charge in [-0.3, -0.25) is 4.99 Å². The molecular formula is C18H14FN5O. The lowest BCUT2D eigenvalue weighted by atomic mass is 10.1. The minimum absolute atomic E-state index is 0.425. The third-order valence-electron chi connectivity index (χ3n) is 3.83. The summed E-state index contributed by atoms with van der Waals surface area (Å²) in [6, 6.07) is 6.48. The Morgan fingerprint density at radius 2 is 2.12 bits per heavy atom. The summed E-state index contributed by atoms with van der Waals surface area (Å²) in [5.74, 6) is -0.464. The van der Waals surface area contributed by atoms with E-state index in [1.165, 1.54) is 6.07 Å². The van der Waals surface area contributed by atoms with Crippen molar-refractivity contribution in [2.75, 3.05) is 17.2 Å². The average Bonchev–Trinajstić information content (AvgIpc) is 2.83. The van der Waals surface area contributed by atoms with Gasteiger partial charge in [0.05, 0.1) is 18.4 Å². The Labute approximate surface area is 142 Å². The van der Waals surface area contributed by atoms with Crippen molar-refractivity contribution in [2.24, 2.45) is 4.99 Å². The number of anilines is 2. The number of pyridine rings is 1. The van der Waals surface area contributed by atoms with Gasteiger partial charge in [0.2, 0.25) is 0 Å². The van der Waals surface area contributed by atoms with Crippen molar-refractivity contribution in [2.45, 2.75) is 0 Å². The molecule has 0 saturated carbocycles. The number of rotatable bonds is 2. The Morgan fingerprint density at radius 3 is 3.04 bits per heavy atom. The first-order chi connectivity index (χ1) is 12.2. The van der Waals surface area contributed by atoms with E-state index in [0.717, 1.165) is 17.3 Å². The quantitative estimate of drug-likeness (QED) is 0.666. The van der Waals surface area contributed by atoms with Crippen molar-refractivity contribution in [3.05, 3.63) is 59.7 Å². The summed E-state index contributed by atoms with van der Waals surface area (Å²) < 4.78 is 13.3. The largest absolute Gasteiger partial charge is 0.344 e. The fourth-order valence-corrected chi connectivity index (χ4v) is 2.67. The predicted octanol–water partition coefficient (Wildman–Crippen LogP) is 3.79. The van der Waals surface area contributed by atoms with Gasteiger partial charge in [-0.15, -0.1) is 0 Å². The minimum atomic E-state index is -0.464. The minimum Gasteiger partial charge on any atom is -0.344 e. The van der Waals surface area contributed by atoms with Crippen LogP contribution in [0, 0.1) is 5.82 Å². The molecule has 1 aliphatic rings. The van der Waals surface area contributed by atoms with E-state index in [2.05, 4.69) is 25.6 Å².